The van der Waals surface area contributed by atoms with E-state index >= 15 is 0 Å². The van der Waals surface area contributed by atoms with Crippen molar-refractivity contribution in [2.45, 2.75) is 24.9 Å². The van der Waals surface area contributed by atoms with Crippen molar-refractivity contribution >= 4 is 22.4 Å². The van der Waals surface area contributed by atoms with Crippen LogP contribution in [0.4, 0.5) is 18.9 Å². The first kappa shape index (κ1) is 17.5. The molecule has 1 amide bonds. The second-order valence-electron chi connectivity index (χ2n) is 4.31. The summed E-state index contributed by atoms with van der Waals surface area (Å²) in [5.74, 6) is -0.616. The third-order valence-electron chi connectivity index (χ3n) is 2.95. The molecule has 1 rings (SSSR count). The van der Waals surface area contributed by atoms with Crippen LogP contribution in [0.15, 0.2) is 23.1 Å². The van der Waals surface area contributed by atoms with Gasteiger partial charge in [-0.3, -0.25) is 9.00 Å². The number of carbonyl (C=O) groups excluding carboxylic acids is 1. The summed E-state index contributed by atoms with van der Waals surface area (Å²) < 4.78 is 49.6. The summed E-state index contributed by atoms with van der Waals surface area (Å²) in [5, 5.41) is 0. The van der Waals surface area contributed by atoms with Crippen LogP contribution in [0.3, 0.4) is 0 Å². The Morgan fingerprint density at radius 3 is 2.29 bits per heavy atom. The zero-order chi connectivity index (χ0) is 16.2. The lowest BCUT2D eigenvalue weighted by molar-refractivity contribution is -0.137. The van der Waals surface area contributed by atoms with Crippen molar-refractivity contribution in [1.82, 2.24) is 4.90 Å². The Bertz CT molecular complexity index is 543. The van der Waals surface area contributed by atoms with Crippen LogP contribution in [-0.4, -0.2) is 33.9 Å². The van der Waals surface area contributed by atoms with E-state index in [-0.39, 0.29) is 22.2 Å². The summed E-state index contributed by atoms with van der Waals surface area (Å²) in [4.78, 5) is 13.4. The molecular formula is C13H17F3N2O2S. The monoisotopic (exact) mass is 322 g/mol. The smallest absolute Gasteiger partial charge is 0.398 e. The van der Waals surface area contributed by atoms with E-state index in [9.17, 15) is 22.2 Å². The third-order valence-corrected chi connectivity index (χ3v) is 4.32. The van der Waals surface area contributed by atoms with Gasteiger partial charge in [0.25, 0.3) is 0 Å². The van der Waals surface area contributed by atoms with Crippen molar-refractivity contribution in [3.05, 3.63) is 23.8 Å². The number of nitrogens with two attached hydrogens (primary N) is 1. The Morgan fingerprint density at radius 1 is 1.29 bits per heavy atom. The zero-order valence-corrected chi connectivity index (χ0v) is 12.6. The lowest BCUT2D eigenvalue weighted by atomic mass is 10.2. The van der Waals surface area contributed by atoms with E-state index in [2.05, 4.69) is 0 Å². The summed E-state index contributed by atoms with van der Waals surface area (Å²) in [7, 11) is -1.77. The normalized spacial score (nSPS) is 13.0. The average Bonchev–Trinajstić information content (AvgIpc) is 2.38. The molecule has 0 heterocycles. The molecule has 0 aromatic heterocycles. The van der Waals surface area contributed by atoms with Crippen LogP contribution in [0.5, 0.6) is 0 Å². The van der Waals surface area contributed by atoms with Crippen LogP contribution < -0.4 is 5.73 Å². The van der Waals surface area contributed by atoms with Gasteiger partial charge in [0, 0.05) is 18.8 Å². The number of rotatable bonds is 5. The molecule has 1 atom stereocenters. The van der Waals surface area contributed by atoms with Gasteiger partial charge in [0.2, 0.25) is 5.91 Å². The molecule has 2 N–H and O–H groups in total. The van der Waals surface area contributed by atoms with Crippen molar-refractivity contribution in [3.8, 4) is 0 Å². The summed E-state index contributed by atoms with van der Waals surface area (Å²) in [6.07, 6.45) is -4.51. The maximum Gasteiger partial charge on any atom is 0.416 e. The van der Waals surface area contributed by atoms with Crippen LogP contribution >= 0.6 is 0 Å². The molecule has 8 heteroatoms. The van der Waals surface area contributed by atoms with Gasteiger partial charge >= 0.3 is 6.18 Å². The van der Waals surface area contributed by atoms with Crippen LogP contribution in [0, 0.1) is 0 Å². The highest BCUT2D eigenvalue weighted by atomic mass is 32.2. The fourth-order valence-corrected chi connectivity index (χ4v) is 2.89. The number of anilines is 1. The summed E-state index contributed by atoms with van der Waals surface area (Å²) in [6, 6.07) is 2.60. The maximum absolute atomic E-state index is 12.5. The molecule has 21 heavy (non-hydrogen) atoms. The first-order chi connectivity index (χ1) is 9.70. The van der Waals surface area contributed by atoms with E-state index < -0.39 is 22.5 Å². The minimum atomic E-state index is -4.51. The lowest BCUT2D eigenvalue weighted by Gasteiger charge is -2.18. The molecule has 0 aliphatic rings. The van der Waals surface area contributed by atoms with Gasteiger partial charge in [-0.15, -0.1) is 0 Å². The van der Waals surface area contributed by atoms with E-state index in [4.69, 9.17) is 5.73 Å². The highest BCUT2D eigenvalue weighted by Gasteiger charge is 2.31. The van der Waals surface area contributed by atoms with Gasteiger partial charge in [-0.25, -0.2) is 0 Å². The number of amides is 1. The Balaban J connectivity index is 2.92. The molecule has 118 valence electrons. The molecule has 0 saturated heterocycles. The average molecular weight is 322 g/mol. The fraction of sp³-hybridized carbons (Fsp3) is 0.462. The highest BCUT2D eigenvalue weighted by molar-refractivity contribution is 7.86. The minimum Gasteiger partial charge on any atom is -0.398 e. The molecule has 0 spiro atoms. The summed E-state index contributed by atoms with van der Waals surface area (Å²) >= 11 is 0. The van der Waals surface area contributed by atoms with Crippen molar-refractivity contribution in [3.63, 3.8) is 0 Å². The number of alkyl halides is 3. The first-order valence-electron chi connectivity index (χ1n) is 6.33. The van der Waals surface area contributed by atoms with E-state index in [1.165, 1.54) is 4.90 Å². The summed E-state index contributed by atoms with van der Waals surface area (Å²) in [6.45, 7) is 4.54. The quantitative estimate of drug-likeness (QED) is 0.846. The SMILES string of the molecule is CCN(CC)C(=O)CS(=O)c1ccc(C(F)(F)F)cc1N. The number of halogens is 3. The Kier molecular flexibility index (Phi) is 5.77. The second-order valence-corrected chi connectivity index (χ2v) is 5.73. The van der Waals surface area contributed by atoms with Gasteiger partial charge in [-0.2, -0.15) is 13.2 Å². The standard InChI is InChI=1S/C13H17F3N2O2S/c1-3-18(4-2)12(19)8-21(20)11-6-5-9(7-10(11)17)13(14,15)16/h5-7H,3-4,8,17H2,1-2H3. The predicted octanol–water partition coefficient (Wildman–Crippen LogP) is 2.26. The third kappa shape index (κ3) is 4.45. The molecule has 0 bridgehead atoms. The van der Waals surface area contributed by atoms with Crippen LogP contribution in [0.25, 0.3) is 0 Å². The van der Waals surface area contributed by atoms with E-state index in [0.717, 1.165) is 18.2 Å². The van der Waals surface area contributed by atoms with Gasteiger partial charge < -0.3 is 10.6 Å². The molecule has 0 saturated carbocycles. The number of nitrogens with zero attached hydrogens (tertiary/aromatic N) is 1. The Hall–Kier alpha value is -1.57. The fourth-order valence-electron chi connectivity index (χ4n) is 1.79. The molecule has 1 aromatic rings. The van der Waals surface area contributed by atoms with E-state index in [0.29, 0.717) is 13.1 Å². The lowest BCUT2D eigenvalue weighted by Crippen LogP contribution is -2.34. The van der Waals surface area contributed by atoms with Gasteiger partial charge in [-0.05, 0) is 32.0 Å². The van der Waals surface area contributed by atoms with Gasteiger partial charge in [0.15, 0.2) is 0 Å². The van der Waals surface area contributed by atoms with E-state index in [1.807, 2.05) is 0 Å². The molecule has 0 aliphatic heterocycles. The maximum atomic E-state index is 12.5. The Labute approximate surface area is 123 Å². The molecule has 1 aromatic carbocycles. The van der Waals surface area contributed by atoms with Crippen molar-refractivity contribution in [2.24, 2.45) is 0 Å². The number of carbonyl (C=O) groups is 1. The number of benzene rings is 1. The van der Waals surface area contributed by atoms with E-state index in [1.54, 1.807) is 13.8 Å². The molecule has 0 aliphatic carbocycles. The van der Waals surface area contributed by atoms with Gasteiger partial charge in [-0.1, -0.05) is 0 Å². The number of hydrogen-bond donors (Lipinski definition) is 1. The largest absolute Gasteiger partial charge is 0.416 e. The van der Waals surface area contributed by atoms with Crippen LogP contribution in [-0.2, 0) is 21.8 Å². The topological polar surface area (TPSA) is 63.4 Å². The summed E-state index contributed by atoms with van der Waals surface area (Å²) in [5.41, 5.74) is 4.38. The highest BCUT2D eigenvalue weighted by Crippen LogP contribution is 2.32. The van der Waals surface area contributed by atoms with Crippen molar-refractivity contribution in [1.29, 1.82) is 0 Å². The molecular weight excluding hydrogens is 305 g/mol. The van der Waals surface area contributed by atoms with Crippen molar-refractivity contribution in [2.75, 3.05) is 24.6 Å². The molecule has 4 nitrogen and oxygen atoms in total. The van der Waals surface area contributed by atoms with Crippen molar-refractivity contribution < 1.29 is 22.2 Å². The van der Waals surface area contributed by atoms with Crippen LogP contribution in [0.2, 0.25) is 0 Å². The van der Waals surface area contributed by atoms with Gasteiger partial charge in [0.05, 0.1) is 21.3 Å². The number of nitrogen functional groups attached to an aromatic ring is 1. The number of hydrogen-bond acceptors (Lipinski definition) is 3. The molecule has 0 radical (unpaired) electrons. The minimum absolute atomic E-state index is 0.0449. The molecule has 0 fully saturated rings. The Morgan fingerprint density at radius 2 is 1.86 bits per heavy atom. The first-order valence-corrected chi connectivity index (χ1v) is 7.65. The van der Waals surface area contributed by atoms with Crippen LogP contribution in [0.1, 0.15) is 19.4 Å². The molecule has 1 unspecified atom stereocenters. The predicted molar refractivity (Wildman–Crippen MR) is 75.1 cm³/mol. The zero-order valence-electron chi connectivity index (χ0n) is 11.7. The van der Waals surface area contributed by atoms with Gasteiger partial charge in [0.1, 0.15) is 5.75 Å². The second kappa shape index (κ2) is 6.93.